The lowest BCUT2D eigenvalue weighted by molar-refractivity contribution is -0.145. The minimum atomic E-state index is -4.35. The lowest BCUT2D eigenvalue weighted by atomic mass is 10.1. The summed E-state index contributed by atoms with van der Waals surface area (Å²) < 4.78 is 37.2. The first-order chi connectivity index (χ1) is 19.5. The first-order valence-corrected chi connectivity index (χ1v) is 15.5. The number of rotatable bonds is 12. The zero-order valence-electron chi connectivity index (χ0n) is 22.8. The number of esters is 1. The van der Waals surface area contributed by atoms with Crippen LogP contribution in [0.5, 0.6) is 0 Å². The van der Waals surface area contributed by atoms with Crippen LogP contribution in [-0.4, -0.2) is 72.7 Å². The van der Waals surface area contributed by atoms with Gasteiger partial charge in [-0.05, 0) is 36.2 Å². The number of aliphatic hydroxyl groups excluding tert-OH is 1. The van der Waals surface area contributed by atoms with Crippen LogP contribution in [-0.2, 0) is 44.2 Å². The molecule has 2 amide bonds. The highest BCUT2D eigenvalue weighted by atomic mass is 35.5. The Kier molecular flexibility index (Phi) is 11.5. The number of amides is 2. The van der Waals surface area contributed by atoms with E-state index in [4.69, 9.17) is 16.3 Å². The lowest BCUT2D eigenvalue weighted by Gasteiger charge is -2.23. The molecule has 16 heteroatoms. The summed E-state index contributed by atoms with van der Waals surface area (Å²) in [5.41, 5.74) is 0.718. The van der Waals surface area contributed by atoms with E-state index in [9.17, 15) is 27.9 Å². The molecule has 1 saturated heterocycles. The van der Waals surface area contributed by atoms with E-state index < -0.39 is 46.5 Å². The Balaban J connectivity index is 0.00000484. The average molecular weight is 661 g/mol. The zero-order valence-corrected chi connectivity index (χ0v) is 26.0. The summed E-state index contributed by atoms with van der Waals surface area (Å²) in [6.07, 6.45) is 2.99. The molecule has 228 valence electrons. The number of imidazole rings is 1. The van der Waals surface area contributed by atoms with E-state index in [0.29, 0.717) is 27.8 Å². The maximum absolute atomic E-state index is 13.6. The Hall–Kier alpha value is -3.01. The number of aromatic nitrogens is 2. The van der Waals surface area contributed by atoms with Gasteiger partial charge < -0.3 is 24.6 Å². The Morgan fingerprint density at radius 1 is 1.29 bits per heavy atom. The number of aliphatic hydroxyl groups is 1. The number of anilines is 1. The molecule has 0 bridgehead atoms. The van der Waals surface area contributed by atoms with Crippen LogP contribution in [0.15, 0.2) is 47.6 Å². The van der Waals surface area contributed by atoms with Gasteiger partial charge in [-0.25, -0.2) is 13.4 Å². The summed E-state index contributed by atoms with van der Waals surface area (Å²) in [4.78, 5) is 43.9. The van der Waals surface area contributed by atoms with Crippen molar-refractivity contribution >= 4 is 68.8 Å². The first kappa shape index (κ1) is 33.5. The molecule has 1 fully saturated rings. The van der Waals surface area contributed by atoms with Crippen molar-refractivity contribution in [2.45, 2.75) is 43.2 Å². The van der Waals surface area contributed by atoms with Crippen molar-refractivity contribution < 1.29 is 32.6 Å². The second-order valence-corrected chi connectivity index (χ2v) is 12.7. The van der Waals surface area contributed by atoms with Crippen LogP contribution in [0.4, 0.5) is 5.69 Å². The summed E-state index contributed by atoms with van der Waals surface area (Å²) in [5.74, 6) is -1.26. The quantitative estimate of drug-likeness (QED) is 0.249. The van der Waals surface area contributed by atoms with Gasteiger partial charge >= 0.3 is 5.97 Å². The topological polar surface area (TPSA) is 160 Å². The van der Waals surface area contributed by atoms with Gasteiger partial charge in [0.05, 0.1) is 20.7 Å². The van der Waals surface area contributed by atoms with E-state index in [1.54, 1.807) is 43.1 Å². The third kappa shape index (κ3) is 7.68. The van der Waals surface area contributed by atoms with E-state index in [0.717, 1.165) is 11.3 Å². The summed E-state index contributed by atoms with van der Waals surface area (Å²) in [5, 5.41) is 12.5. The van der Waals surface area contributed by atoms with Gasteiger partial charge in [0.25, 0.3) is 11.8 Å². The molecule has 12 nitrogen and oxygen atoms in total. The number of halogens is 2. The van der Waals surface area contributed by atoms with Crippen LogP contribution in [0, 0.1) is 0 Å². The minimum absolute atomic E-state index is 0. The zero-order chi connectivity index (χ0) is 29.7. The molecule has 0 aliphatic carbocycles. The second kappa shape index (κ2) is 14.4. The van der Waals surface area contributed by atoms with Gasteiger partial charge in [-0.2, -0.15) is 4.72 Å². The summed E-state index contributed by atoms with van der Waals surface area (Å²) in [6.45, 7) is 1.52. The number of nitrogens with zero attached hydrogens (tertiary/aromatic N) is 3. The number of hydrogen-bond donors (Lipinski definition) is 3. The number of carbonyl (C=O) groups is 3. The molecule has 42 heavy (non-hydrogen) atoms. The lowest BCUT2D eigenvalue weighted by Crippen LogP contribution is -2.49. The average Bonchev–Trinajstić information content (AvgIpc) is 3.66. The van der Waals surface area contributed by atoms with Crippen LogP contribution in [0.2, 0.25) is 4.34 Å². The number of hydrogen-bond acceptors (Lipinski definition) is 9. The molecule has 0 spiro atoms. The van der Waals surface area contributed by atoms with E-state index in [1.807, 2.05) is 0 Å². The number of benzene rings is 1. The molecule has 3 aromatic rings. The van der Waals surface area contributed by atoms with E-state index >= 15 is 0 Å². The molecule has 1 aromatic carbocycles. The van der Waals surface area contributed by atoms with Gasteiger partial charge in [-0.1, -0.05) is 24.6 Å². The number of nitrogens with one attached hydrogen (secondary N) is 2. The van der Waals surface area contributed by atoms with Gasteiger partial charge in [0, 0.05) is 51.1 Å². The number of carbonyl (C=O) groups excluding carboxylic acids is 3. The van der Waals surface area contributed by atoms with Crippen LogP contribution in [0.25, 0.3) is 0 Å². The summed E-state index contributed by atoms with van der Waals surface area (Å²) in [7, 11) is -2.56. The molecule has 1 aliphatic rings. The molecule has 2 aromatic heterocycles. The third-order valence-electron chi connectivity index (χ3n) is 6.56. The Morgan fingerprint density at radius 2 is 2.05 bits per heavy atom. The molecular formula is C26H31Cl2N5O7S2. The monoisotopic (exact) mass is 659 g/mol. The number of sulfonamides is 1. The first-order valence-electron chi connectivity index (χ1n) is 12.8. The molecule has 3 N–H and O–H groups in total. The van der Waals surface area contributed by atoms with Crippen molar-refractivity contribution in [1.82, 2.24) is 19.6 Å². The molecule has 3 heterocycles. The fraction of sp³-hybridized carbons (Fsp3) is 0.385. The van der Waals surface area contributed by atoms with E-state index in [-0.39, 0.29) is 48.2 Å². The number of aryl methyl sites for hydroxylation is 1. The molecule has 2 atom stereocenters. The normalized spacial score (nSPS) is 15.8. The molecule has 4 rings (SSSR count). The summed E-state index contributed by atoms with van der Waals surface area (Å²) in [6, 6.07) is 6.08. The maximum atomic E-state index is 13.6. The van der Waals surface area contributed by atoms with Crippen LogP contribution < -0.4 is 14.9 Å². The SMILES string of the molecule is CCc1c(N2CC[C@H](O)C2=O)cccc1S(=O)(=O)N[C@@H](CNC(=O)c1ccc(Cl)s1)C(=O)OCCc1nccn1C.Cl. The van der Waals surface area contributed by atoms with Crippen LogP contribution in [0.3, 0.4) is 0 Å². The van der Waals surface area contributed by atoms with Crippen molar-refractivity contribution in [3.05, 3.63) is 63.3 Å². The van der Waals surface area contributed by atoms with Crippen molar-refractivity contribution in [2.24, 2.45) is 7.05 Å². The summed E-state index contributed by atoms with van der Waals surface area (Å²) >= 11 is 6.95. The molecule has 1 aliphatic heterocycles. The molecule has 0 saturated carbocycles. The fourth-order valence-corrected chi connectivity index (χ4v) is 6.91. The van der Waals surface area contributed by atoms with Gasteiger partial charge in [0.1, 0.15) is 18.0 Å². The standard InChI is InChI=1S/C26H30ClN5O7S2.ClH/c1-3-16-18(32-12-9-19(33)25(32)35)5-4-6-21(16)41(37,38)30-17(15-29-24(34)20-7-8-22(27)40-20)26(36)39-14-10-23-28-11-13-31(23)2;/h4-8,11,13,17,19,30,33H,3,9-10,12,14-15H2,1-2H3,(H,29,34);1H/t17-,19-;/m0./s1. The fourth-order valence-electron chi connectivity index (χ4n) is 4.44. The smallest absolute Gasteiger partial charge is 0.326 e. The van der Waals surface area contributed by atoms with Gasteiger partial charge in [0.2, 0.25) is 10.0 Å². The van der Waals surface area contributed by atoms with Gasteiger partial charge in [-0.3, -0.25) is 14.4 Å². The number of thiophene rings is 1. The predicted molar refractivity (Wildman–Crippen MR) is 160 cm³/mol. The number of ether oxygens (including phenoxy) is 1. The maximum Gasteiger partial charge on any atom is 0.326 e. The highest BCUT2D eigenvalue weighted by molar-refractivity contribution is 7.89. The Bertz CT molecular complexity index is 1540. The predicted octanol–water partition coefficient (Wildman–Crippen LogP) is 2.08. The third-order valence-corrected chi connectivity index (χ3v) is 9.34. The van der Waals surface area contributed by atoms with Crippen molar-refractivity contribution in [3.63, 3.8) is 0 Å². The van der Waals surface area contributed by atoms with Crippen molar-refractivity contribution in [1.29, 1.82) is 0 Å². The van der Waals surface area contributed by atoms with Crippen LogP contribution >= 0.6 is 35.3 Å². The van der Waals surface area contributed by atoms with Gasteiger partial charge in [-0.15, -0.1) is 23.7 Å². The highest BCUT2D eigenvalue weighted by Gasteiger charge is 2.34. The molecular weight excluding hydrogens is 629 g/mol. The van der Waals surface area contributed by atoms with E-state index in [1.165, 1.54) is 23.1 Å². The Morgan fingerprint density at radius 3 is 2.64 bits per heavy atom. The highest BCUT2D eigenvalue weighted by Crippen LogP contribution is 2.31. The van der Waals surface area contributed by atoms with Gasteiger partial charge in [0.15, 0.2) is 0 Å². The minimum Gasteiger partial charge on any atom is -0.464 e. The largest absolute Gasteiger partial charge is 0.464 e. The molecule has 0 unspecified atom stereocenters. The van der Waals surface area contributed by atoms with Crippen molar-refractivity contribution in [3.8, 4) is 0 Å². The van der Waals surface area contributed by atoms with Crippen LogP contribution in [0.1, 0.15) is 34.4 Å². The van der Waals surface area contributed by atoms with Crippen molar-refractivity contribution in [2.75, 3.05) is 24.6 Å². The second-order valence-electron chi connectivity index (χ2n) is 9.26. The molecule has 0 radical (unpaired) electrons. The van der Waals surface area contributed by atoms with E-state index in [2.05, 4.69) is 15.0 Å². The Labute approximate surface area is 258 Å².